The molecule has 0 aromatic rings. The molecule has 4 nitrogen and oxygen atoms in total. The van der Waals surface area contributed by atoms with E-state index in [0.717, 1.165) is 6.42 Å². The summed E-state index contributed by atoms with van der Waals surface area (Å²) in [6.45, 7) is 9.57. The van der Waals surface area contributed by atoms with Crippen LogP contribution in [0.4, 0.5) is 0 Å². The maximum Gasteiger partial charge on any atom is 0.347 e. The predicted molar refractivity (Wildman–Crippen MR) is 65.4 cm³/mol. The van der Waals surface area contributed by atoms with Crippen LogP contribution in [-0.4, -0.2) is 24.6 Å². The lowest BCUT2D eigenvalue weighted by molar-refractivity contribution is -0.173. The molecule has 0 saturated heterocycles. The van der Waals surface area contributed by atoms with Crippen LogP contribution < -0.4 is 0 Å². The molecule has 0 saturated carbocycles. The van der Waals surface area contributed by atoms with Crippen molar-refractivity contribution in [2.24, 2.45) is 11.8 Å². The van der Waals surface area contributed by atoms with Gasteiger partial charge in [-0.25, -0.2) is 4.79 Å². The highest BCUT2D eigenvalue weighted by Gasteiger charge is 2.30. The van der Waals surface area contributed by atoms with Gasteiger partial charge in [-0.05, 0) is 19.8 Å². The first-order chi connectivity index (χ1) is 7.97. The summed E-state index contributed by atoms with van der Waals surface area (Å²) in [6.07, 6.45) is 0.688. The third kappa shape index (κ3) is 5.20. The standard InChI is InChI=1S/C13H24O4/c1-6-9(4)11(13(15)16-8-3)17-12(14)10(5)7-2/h9-11H,6-8H2,1-5H3. The minimum atomic E-state index is -0.776. The molecule has 0 fully saturated rings. The maximum atomic E-state index is 11.7. The van der Waals surface area contributed by atoms with Crippen LogP contribution in [0.15, 0.2) is 0 Å². The molecule has 0 aliphatic carbocycles. The van der Waals surface area contributed by atoms with Gasteiger partial charge in [0.1, 0.15) is 0 Å². The van der Waals surface area contributed by atoms with Gasteiger partial charge in [0.15, 0.2) is 0 Å². The molecule has 0 rings (SSSR count). The minimum Gasteiger partial charge on any atom is -0.463 e. The first kappa shape index (κ1) is 15.9. The number of carbonyl (C=O) groups excluding carboxylic acids is 2. The van der Waals surface area contributed by atoms with Crippen LogP contribution in [0.3, 0.4) is 0 Å². The van der Waals surface area contributed by atoms with Gasteiger partial charge in [0.2, 0.25) is 6.10 Å². The van der Waals surface area contributed by atoms with Crippen molar-refractivity contribution in [3.05, 3.63) is 0 Å². The average Bonchev–Trinajstić information content (AvgIpc) is 2.33. The van der Waals surface area contributed by atoms with Gasteiger partial charge in [-0.3, -0.25) is 4.79 Å². The van der Waals surface area contributed by atoms with Gasteiger partial charge in [-0.1, -0.05) is 27.7 Å². The molecule has 0 amide bonds. The van der Waals surface area contributed by atoms with E-state index in [2.05, 4.69) is 0 Å². The summed E-state index contributed by atoms with van der Waals surface area (Å²) in [5.41, 5.74) is 0. The Hall–Kier alpha value is -1.06. The molecule has 100 valence electrons. The highest BCUT2D eigenvalue weighted by molar-refractivity contribution is 5.80. The van der Waals surface area contributed by atoms with E-state index < -0.39 is 12.1 Å². The summed E-state index contributed by atoms with van der Waals surface area (Å²) in [5, 5.41) is 0. The summed E-state index contributed by atoms with van der Waals surface area (Å²) in [6, 6.07) is 0. The number of ether oxygens (including phenoxy) is 2. The molecule has 3 unspecified atom stereocenters. The van der Waals surface area contributed by atoms with Crippen LogP contribution in [0.1, 0.15) is 47.5 Å². The zero-order chi connectivity index (χ0) is 13.4. The van der Waals surface area contributed by atoms with Crippen molar-refractivity contribution >= 4 is 11.9 Å². The van der Waals surface area contributed by atoms with Gasteiger partial charge in [0.25, 0.3) is 0 Å². The molecule has 0 radical (unpaired) electrons. The smallest absolute Gasteiger partial charge is 0.347 e. The Labute approximate surface area is 104 Å². The molecule has 0 aromatic carbocycles. The lowest BCUT2D eigenvalue weighted by Crippen LogP contribution is -2.36. The largest absolute Gasteiger partial charge is 0.463 e. The van der Waals surface area contributed by atoms with Crippen LogP contribution in [-0.2, 0) is 19.1 Å². The molecular formula is C13H24O4. The quantitative estimate of drug-likeness (QED) is 0.646. The van der Waals surface area contributed by atoms with E-state index >= 15 is 0 Å². The lowest BCUT2D eigenvalue weighted by atomic mass is 10.0. The Morgan fingerprint density at radius 2 is 1.59 bits per heavy atom. The first-order valence-electron chi connectivity index (χ1n) is 6.34. The predicted octanol–water partition coefficient (Wildman–Crippen LogP) is 2.55. The second-order valence-electron chi connectivity index (χ2n) is 4.30. The maximum absolute atomic E-state index is 11.7. The molecule has 17 heavy (non-hydrogen) atoms. The van der Waals surface area contributed by atoms with Crippen molar-refractivity contribution in [1.82, 2.24) is 0 Å². The molecule has 4 heteroatoms. The van der Waals surface area contributed by atoms with Crippen molar-refractivity contribution in [3.63, 3.8) is 0 Å². The fraction of sp³-hybridized carbons (Fsp3) is 0.846. The summed E-state index contributed by atoms with van der Waals surface area (Å²) < 4.78 is 10.2. The van der Waals surface area contributed by atoms with Crippen molar-refractivity contribution in [3.8, 4) is 0 Å². The van der Waals surface area contributed by atoms with Gasteiger partial charge in [-0.15, -0.1) is 0 Å². The SMILES string of the molecule is CCOC(=O)C(OC(=O)C(C)CC)C(C)CC. The normalized spacial score (nSPS) is 15.8. The highest BCUT2D eigenvalue weighted by atomic mass is 16.6. The molecule has 3 atom stereocenters. The Morgan fingerprint density at radius 3 is 2.00 bits per heavy atom. The average molecular weight is 244 g/mol. The molecule has 0 N–H and O–H groups in total. The van der Waals surface area contributed by atoms with Gasteiger partial charge in [-0.2, -0.15) is 0 Å². The number of esters is 2. The van der Waals surface area contributed by atoms with E-state index in [1.54, 1.807) is 13.8 Å². The van der Waals surface area contributed by atoms with E-state index in [4.69, 9.17) is 9.47 Å². The molecule has 0 spiro atoms. The Bertz CT molecular complexity index is 250. The fourth-order valence-electron chi connectivity index (χ4n) is 1.24. The molecular weight excluding hydrogens is 220 g/mol. The highest BCUT2D eigenvalue weighted by Crippen LogP contribution is 2.16. The zero-order valence-corrected chi connectivity index (χ0v) is 11.5. The third-order valence-electron chi connectivity index (χ3n) is 2.94. The van der Waals surface area contributed by atoms with Gasteiger partial charge in [0.05, 0.1) is 12.5 Å². The second kappa shape index (κ2) is 8.09. The first-order valence-corrected chi connectivity index (χ1v) is 6.34. The molecule has 0 heterocycles. The lowest BCUT2D eigenvalue weighted by Gasteiger charge is -2.22. The molecule has 0 bridgehead atoms. The summed E-state index contributed by atoms with van der Waals surface area (Å²) in [4.78, 5) is 23.4. The van der Waals surface area contributed by atoms with Gasteiger partial charge < -0.3 is 9.47 Å². The Morgan fingerprint density at radius 1 is 1.00 bits per heavy atom. The molecule has 0 aliphatic rings. The third-order valence-corrected chi connectivity index (χ3v) is 2.94. The van der Waals surface area contributed by atoms with Gasteiger partial charge in [0, 0.05) is 5.92 Å². The van der Waals surface area contributed by atoms with Crippen LogP contribution in [0.25, 0.3) is 0 Å². The van der Waals surface area contributed by atoms with Crippen LogP contribution in [0.2, 0.25) is 0 Å². The number of hydrogen-bond acceptors (Lipinski definition) is 4. The van der Waals surface area contributed by atoms with E-state index in [-0.39, 0.29) is 17.8 Å². The van der Waals surface area contributed by atoms with Crippen molar-refractivity contribution in [2.75, 3.05) is 6.61 Å². The van der Waals surface area contributed by atoms with Crippen LogP contribution >= 0.6 is 0 Å². The molecule has 0 aliphatic heterocycles. The second-order valence-corrected chi connectivity index (χ2v) is 4.30. The number of rotatable bonds is 7. The van der Waals surface area contributed by atoms with Gasteiger partial charge >= 0.3 is 11.9 Å². The zero-order valence-electron chi connectivity index (χ0n) is 11.5. The monoisotopic (exact) mass is 244 g/mol. The number of hydrogen-bond donors (Lipinski definition) is 0. The fourth-order valence-corrected chi connectivity index (χ4v) is 1.24. The van der Waals surface area contributed by atoms with Crippen molar-refractivity contribution in [2.45, 2.75) is 53.6 Å². The van der Waals surface area contributed by atoms with E-state index in [1.165, 1.54) is 0 Å². The summed E-state index contributed by atoms with van der Waals surface area (Å²) >= 11 is 0. The van der Waals surface area contributed by atoms with Crippen molar-refractivity contribution in [1.29, 1.82) is 0 Å². The number of carbonyl (C=O) groups is 2. The van der Waals surface area contributed by atoms with Crippen LogP contribution in [0.5, 0.6) is 0 Å². The summed E-state index contributed by atoms with van der Waals surface area (Å²) in [5.74, 6) is -0.984. The van der Waals surface area contributed by atoms with E-state index in [9.17, 15) is 9.59 Å². The molecule has 0 aromatic heterocycles. The Balaban J connectivity index is 4.59. The summed E-state index contributed by atoms with van der Waals surface area (Å²) in [7, 11) is 0. The van der Waals surface area contributed by atoms with E-state index in [0.29, 0.717) is 13.0 Å². The van der Waals surface area contributed by atoms with E-state index in [1.807, 2.05) is 20.8 Å². The topological polar surface area (TPSA) is 52.6 Å². The van der Waals surface area contributed by atoms with Crippen LogP contribution in [0, 0.1) is 11.8 Å². The minimum absolute atomic E-state index is 0.0259. The van der Waals surface area contributed by atoms with Crippen molar-refractivity contribution < 1.29 is 19.1 Å². The Kier molecular flexibility index (Phi) is 7.59.